The van der Waals surface area contributed by atoms with Gasteiger partial charge in [-0.25, -0.2) is 9.37 Å². The maximum atomic E-state index is 14.4. The van der Waals surface area contributed by atoms with Crippen molar-refractivity contribution in [2.45, 2.75) is 12.1 Å². The first-order valence-electron chi connectivity index (χ1n) is 8.78. The Morgan fingerprint density at radius 2 is 1.93 bits per heavy atom. The molecule has 5 nitrogen and oxygen atoms in total. The van der Waals surface area contributed by atoms with Gasteiger partial charge < -0.3 is 5.32 Å². The number of nitrogens with one attached hydrogen (secondary N) is 1. The molecule has 4 rings (SSSR count). The van der Waals surface area contributed by atoms with E-state index in [1.165, 1.54) is 28.0 Å². The summed E-state index contributed by atoms with van der Waals surface area (Å²) in [5.41, 5.74) is 1.98. The summed E-state index contributed by atoms with van der Waals surface area (Å²) >= 11 is 2.35. The van der Waals surface area contributed by atoms with Crippen LogP contribution in [0.15, 0.2) is 69.9 Å². The summed E-state index contributed by atoms with van der Waals surface area (Å²) < 4.78 is 16.1. The Hall–Kier alpha value is -2.97. The lowest BCUT2D eigenvalue weighted by atomic mass is 10.2. The molecule has 0 radical (unpaired) electrons. The first kappa shape index (κ1) is 19.4. The Bertz CT molecular complexity index is 1270. The Balaban J connectivity index is 1.67. The van der Waals surface area contributed by atoms with Gasteiger partial charge in [0.05, 0.1) is 17.0 Å². The lowest BCUT2D eigenvalue weighted by Gasteiger charge is -2.13. The SMILES string of the molecule is Cc1ccccc1NC(=O)CSc1nc2ccsc2c(=O)n1-c1ccccc1F. The van der Waals surface area contributed by atoms with Gasteiger partial charge in [0.2, 0.25) is 5.91 Å². The number of fused-ring (bicyclic) bond motifs is 1. The van der Waals surface area contributed by atoms with Crippen LogP contribution in [-0.4, -0.2) is 21.2 Å². The smallest absolute Gasteiger partial charge is 0.276 e. The third kappa shape index (κ3) is 3.94. The maximum Gasteiger partial charge on any atom is 0.276 e. The molecule has 0 aliphatic carbocycles. The predicted octanol–water partition coefficient (Wildman–Crippen LogP) is 4.63. The molecule has 2 heterocycles. The molecule has 0 aliphatic heterocycles. The largest absolute Gasteiger partial charge is 0.325 e. The van der Waals surface area contributed by atoms with Gasteiger partial charge >= 0.3 is 0 Å². The zero-order chi connectivity index (χ0) is 20.4. The number of aryl methyl sites for hydroxylation is 1. The third-order valence-corrected chi connectivity index (χ3v) is 6.12. The van der Waals surface area contributed by atoms with Crippen molar-refractivity contribution in [3.8, 4) is 5.69 Å². The van der Waals surface area contributed by atoms with Crippen LogP contribution in [0.1, 0.15) is 5.56 Å². The molecular formula is C21H16FN3O2S2. The molecule has 0 saturated carbocycles. The van der Waals surface area contributed by atoms with Crippen LogP contribution in [0, 0.1) is 12.7 Å². The Labute approximate surface area is 174 Å². The van der Waals surface area contributed by atoms with Gasteiger partial charge in [0, 0.05) is 5.69 Å². The van der Waals surface area contributed by atoms with E-state index in [9.17, 15) is 14.0 Å². The Kier molecular flexibility index (Phi) is 5.46. The maximum absolute atomic E-state index is 14.4. The molecule has 2 aromatic carbocycles. The van der Waals surface area contributed by atoms with Gasteiger partial charge in [0.15, 0.2) is 5.16 Å². The molecule has 0 bridgehead atoms. The number of amides is 1. The number of thiophene rings is 1. The van der Waals surface area contributed by atoms with E-state index in [0.29, 0.717) is 10.2 Å². The number of rotatable bonds is 5. The van der Waals surface area contributed by atoms with E-state index < -0.39 is 5.82 Å². The molecule has 4 aromatic rings. The molecule has 0 spiro atoms. The van der Waals surface area contributed by atoms with Crippen LogP contribution in [0.2, 0.25) is 0 Å². The van der Waals surface area contributed by atoms with E-state index in [2.05, 4.69) is 10.3 Å². The zero-order valence-electron chi connectivity index (χ0n) is 15.4. The number of thioether (sulfide) groups is 1. The second kappa shape index (κ2) is 8.18. The minimum atomic E-state index is -0.529. The van der Waals surface area contributed by atoms with Gasteiger partial charge in [0.25, 0.3) is 5.56 Å². The molecule has 0 fully saturated rings. The van der Waals surface area contributed by atoms with Gasteiger partial charge in [-0.3, -0.25) is 14.2 Å². The van der Waals surface area contributed by atoms with Gasteiger partial charge in [-0.05, 0) is 42.1 Å². The van der Waals surface area contributed by atoms with Crippen LogP contribution < -0.4 is 10.9 Å². The molecule has 0 aliphatic rings. The fourth-order valence-electron chi connectivity index (χ4n) is 2.86. The van der Waals surface area contributed by atoms with Crippen LogP contribution in [0.5, 0.6) is 0 Å². The summed E-state index contributed by atoms with van der Waals surface area (Å²) in [6.07, 6.45) is 0. The number of hydrogen-bond donors (Lipinski definition) is 1. The first-order valence-corrected chi connectivity index (χ1v) is 10.6. The van der Waals surface area contributed by atoms with E-state index in [0.717, 1.165) is 23.0 Å². The topological polar surface area (TPSA) is 64.0 Å². The van der Waals surface area contributed by atoms with Crippen LogP contribution in [0.25, 0.3) is 15.9 Å². The highest BCUT2D eigenvalue weighted by Gasteiger charge is 2.18. The van der Waals surface area contributed by atoms with Gasteiger partial charge in [0.1, 0.15) is 10.5 Å². The Morgan fingerprint density at radius 3 is 2.72 bits per heavy atom. The molecule has 0 atom stereocenters. The molecule has 146 valence electrons. The first-order chi connectivity index (χ1) is 14.0. The lowest BCUT2D eigenvalue weighted by Crippen LogP contribution is -2.23. The average Bonchev–Trinajstić information content (AvgIpc) is 3.18. The number of carbonyl (C=O) groups excluding carboxylic acids is 1. The van der Waals surface area contributed by atoms with Crippen molar-refractivity contribution in [3.05, 3.63) is 81.7 Å². The molecule has 0 unspecified atom stereocenters. The molecule has 1 N–H and O–H groups in total. The van der Waals surface area contributed by atoms with Crippen molar-refractivity contribution in [1.82, 2.24) is 9.55 Å². The number of halogens is 1. The zero-order valence-corrected chi connectivity index (χ0v) is 17.0. The molecular weight excluding hydrogens is 409 g/mol. The van der Waals surface area contributed by atoms with Gasteiger partial charge in [-0.1, -0.05) is 42.1 Å². The standard InChI is InChI=1S/C21H16FN3O2S2/c1-13-6-2-4-8-15(13)23-18(26)12-29-21-24-16-10-11-28-19(16)20(27)25(21)17-9-5-3-7-14(17)22/h2-11H,12H2,1H3,(H,23,26). The van der Waals surface area contributed by atoms with Crippen molar-refractivity contribution >= 4 is 44.9 Å². The van der Waals surface area contributed by atoms with E-state index >= 15 is 0 Å². The van der Waals surface area contributed by atoms with Crippen LogP contribution >= 0.6 is 23.1 Å². The van der Waals surface area contributed by atoms with Crippen molar-refractivity contribution < 1.29 is 9.18 Å². The normalized spacial score (nSPS) is 11.0. The molecule has 1 amide bonds. The van der Waals surface area contributed by atoms with Gasteiger partial charge in [-0.15, -0.1) is 11.3 Å². The fraction of sp³-hybridized carbons (Fsp3) is 0.0952. The highest BCUT2D eigenvalue weighted by molar-refractivity contribution is 7.99. The Morgan fingerprint density at radius 1 is 1.17 bits per heavy atom. The summed E-state index contributed by atoms with van der Waals surface area (Å²) in [5.74, 6) is -0.729. The van der Waals surface area contributed by atoms with Gasteiger partial charge in [-0.2, -0.15) is 0 Å². The lowest BCUT2D eigenvalue weighted by molar-refractivity contribution is -0.113. The number of anilines is 1. The minimum Gasteiger partial charge on any atom is -0.325 e. The van der Waals surface area contributed by atoms with Crippen molar-refractivity contribution in [3.63, 3.8) is 0 Å². The van der Waals surface area contributed by atoms with E-state index in [1.54, 1.807) is 23.6 Å². The summed E-state index contributed by atoms with van der Waals surface area (Å²) in [4.78, 5) is 29.9. The summed E-state index contributed by atoms with van der Waals surface area (Å²) in [6, 6.07) is 15.2. The van der Waals surface area contributed by atoms with Crippen LogP contribution in [0.4, 0.5) is 10.1 Å². The number of benzene rings is 2. The minimum absolute atomic E-state index is 0.0326. The molecule has 8 heteroatoms. The fourth-order valence-corrected chi connectivity index (χ4v) is 4.43. The predicted molar refractivity (Wildman–Crippen MR) is 116 cm³/mol. The summed E-state index contributed by atoms with van der Waals surface area (Å²) in [5, 5.41) is 4.89. The van der Waals surface area contributed by atoms with Crippen LogP contribution in [0.3, 0.4) is 0 Å². The van der Waals surface area contributed by atoms with E-state index in [1.807, 2.05) is 31.2 Å². The molecule has 0 saturated heterocycles. The average molecular weight is 426 g/mol. The quantitative estimate of drug-likeness (QED) is 0.374. The van der Waals surface area contributed by atoms with E-state index in [-0.39, 0.29) is 28.1 Å². The number of carbonyl (C=O) groups is 1. The number of aromatic nitrogens is 2. The highest BCUT2D eigenvalue weighted by Crippen LogP contribution is 2.25. The number of para-hydroxylation sites is 2. The third-order valence-electron chi connectivity index (χ3n) is 4.29. The second-order valence-electron chi connectivity index (χ2n) is 6.27. The van der Waals surface area contributed by atoms with Crippen LogP contribution in [-0.2, 0) is 4.79 Å². The van der Waals surface area contributed by atoms with Crippen molar-refractivity contribution in [2.24, 2.45) is 0 Å². The molecule has 29 heavy (non-hydrogen) atoms. The molecule has 2 aromatic heterocycles. The highest BCUT2D eigenvalue weighted by atomic mass is 32.2. The number of hydrogen-bond acceptors (Lipinski definition) is 5. The monoisotopic (exact) mass is 425 g/mol. The summed E-state index contributed by atoms with van der Waals surface area (Å²) in [7, 11) is 0. The second-order valence-corrected chi connectivity index (χ2v) is 8.13. The van der Waals surface area contributed by atoms with E-state index in [4.69, 9.17) is 0 Å². The van der Waals surface area contributed by atoms with Crippen molar-refractivity contribution in [1.29, 1.82) is 0 Å². The summed E-state index contributed by atoms with van der Waals surface area (Å²) in [6.45, 7) is 1.91. The number of nitrogens with zero attached hydrogens (tertiary/aromatic N) is 2. The van der Waals surface area contributed by atoms with Crippen molar-refractivity contribution in [2.75, 3.05) is 11.1 Å².